The minimum absolute atomic E-state index is 0.623. The molecule has 0 aliphatic rings. The topological polar surface area (TPSA) is 34.1 Å². The van der Waals surface area contributed by atoms with Crippen molar-refractivity contribution in [1.82, 2.24) is 0 Å². The molecule has 0 aromatic heterocycles. The van der Waals surface area contributed by atoms with Crippen LogP contribution in [0.3, 0.4) is 0 Å². The first-order valence-electron chi connectivity index (χ1n) is 3.25. The van der Waals surface area contributed by atoms with Crippen LogP contribution in [0, 0.1) is 0 Å². The highest BCUT2D eigenvalue weighted by atomic mass is 79.9. The molecule has 10 heavy (non-hydrogen) atoms. The Morgan fingerprint density at radius 2 is 1.80 bits per heavy atom. The van der Waals surface area contributed by atoms with Crippen molar-refractivity contribution in [2.75, 3.05) is 0 Å². The summed E-state index contributed by atoms with van der Waals surface area (Å²) in [5, 5.41) is 0. The van der Waals surface area contributed by atoms with Crippen molar-refractivity contribution in [1.29, 1.82) is 0 Å². The molecule has 0 amide bonds. The standard InChI is InChI=1S/C6H13BrO2S/c1-4-5-6(2,3)10(7,8)9/h4-5H2,1-3H3. The second kappa shape index (κ2) is 3.22. The van der Waals surface area contributed by atoms with E-state index >= 15 is 0 Å². The van der Waals surface area contributed by atoms with Crippen molar-refractivity contribution >= 4 is 23.1 Å². The third kappa shape index (κ3) is 2.58. The van der Waals surface area contributed by atoms with E-state index in [0.29, 0.717) is 6.42 Å². The monoisotopic (exact) mass is 228 g/mol. The molecule has 0 fully saturated rings. The van der Waals surface area contributed by atoms with Crippen LogP contribution < -0.4 is 0 Å². The molecule has 0 N–H and O–H groups in total. The Morgan fingerprint density at radius 1 is 1.40 bits per heavy atom. The Labute approximate surface area is 70.1 Å². The van der Waals surface area contributed by atoms with Crippen molar-refractivity contribution in [2.45, 2.75) is 38.4 Å². The largest absolute Gasteiger partial charge is 0.217 e. The summed E-state index contributed by atoms with van der Waals surface area (Å²) in [6.45, 7) is 5.42. The number of halogens is 1. The molecule has 0 atom stereocenters. The number of rotatable bonds is 3. The van der Waals surface area contributed by atoms with Crippen LogP contribution in [0.1, 0.15) is 33.6 Å². The van der Waals surface area contributed by atoms with Gasteiger partial charge in [-0.2, -0.15) is 0 Å². The zero-order valence-electron chi connectivity index (χ0n) is 6.52. The number of hydrogen-bond donors (Lipinski definition) is 0. The molecule has 0 rings (SSSR count). The molecule has 0 bridgehead atoms. The minimum atomic E-state index is -3.05. The van der Waals surface area contributed by atoms with Crippen molar-refractivity contribution in [3.8, 4) is 0 Å². The third-order valence-corrected chi connectivity index (χ3v) is 5.67. The summed E-state index contributed by atoms with van der Waals surface area (Å²) in [5.41, 5.74) is 0. The summed E-state index contributed by atoms with van der Waals surface area (Å²) < 4.78 is 21.3. The molecule has 62 valence electrons. The van der Waals surface area contributed by atoms with Crippen LogP contribution in [-0.4, -0.2) is 13.2 Å². The second-order valence-electron chi connectivity index (χ2n) is 2.95. The van der Waals surface area contributed by atoms with Gasteiger partial charge in [-0.25, -0.2) is 8.42 Å². The third-order valence-electron chi connectivity index (χ3n) is 1.51. The van der Waals surface area contributed by atoms with Gasteiger partial charge < -0.3 is 0 Å². The molecule has 0 heterocycles. The van der Waals surface area contributed by atoms with Gasteiger partial charge in [-0.15, -0.1) is 0 Å². The molecule has 0 saturated heterocycles. The molecule has 0 radical (unpaired) electrons. The summed E-state index contributed by atoms with van der Waals surface area (Å²) in [6, 6.07) is 0. The summed E-state index contributed by atoms with van der Waals surface area (Å²) in [7, 11) is -3.05. The first-order valence-corrected chi connectivity index (χ1v) is 6.58. The maximum atomic E-state index is 11.0. The molecular weight excluding hydrogens is 216 g/mol. The van der Waals surface area contributed by atoms with E-state index in [0.717, 1.165) is 6.42 Å². The van der Waals surface area contributed by atoms with Crippen LogP contribution in [0.15, 0.2) is 0 Å². The van der Waals surface area contributed by atoms with Gasteiger partial charge in [-0.05, 0) is 20.3 Å². The minimum Gasteiger partial charge on any atom is -0.217 e. The van der Waals surface area contributed by atoms with Gasteiger partial charge in [0.1, 0.15) is 0 Å². The normalized spacial score (nSPS) is 13.6. The van der Waals surface area contributed by atoms with E-state index in [1.54, 1.807) is 13.8 Å². The van der Waals surface area contributed by atoms with Crippen LogP contribution in [0.25, 0.3) is 0 Å². The van der Waals surface area contributed by atoms with Gasteiger partial charge in [0.25, 0.3) is 0 Å². The first-order chi connectivity index (χ1) is 4.31. The zero-order valence-corrected chi connectivity index (χ0v) is 8.92. The Balaban J connectivity index is 4.42. The lowest BCUT2D eigenvalue weighted by atomic mass is 10.1. The van der Waals surface area contributed by atoms with E-state index in [-0.39, 0.29) is 0 Å². The molecule has 0 aromatic carbocycles. The van der Waals surface area contributed by atoms with E-state index in [9.17, 15) is 8.42 Å². The average Bonchev–Trinajstić information content (AvgIpc) is 1.61. The lowest BCUT2D eigenvalue weighted by Gasteiger charge is -2.19. The molecule has 0 saturated carbocycles. The van der Waals surface area contributed by atoms with Gasteiger partial charge in [0.05, 0.1) is 19.6 Å². The van der Waals surface area contributed by atoms with Gasteiger partial charge >= 0.3 is 0 Å². The second-order valence-corrected chi connectivity index (χ2v) is 7.49. The molecular formula is C6H13BrO2S. The van der Waals surface area contributed by atoms with E-state index < -0.39 is 13.0 Å². The fourth-order valence-electron chi connectivity index (χ4n) is 0.724. The fraction of sp³-hybridized carbons (Fsp3) is 1.00. The quantitative estimate of drug-likeness (QED) is 0.696. The highest BCUT2D eigenvalue weighted by Crippen LogP contribution is 2.26. The molecule has 0 aromatic rings. The van der Waals surface area contributed by atoms with Gasteiger partial charge in [0.15, 0.2) is 0 Å². The predicted molar refractivity (Wildman–Crippen MR) is 46.8 cm³/mol. The molecule has 0 aliphatic carbocycles. The Hall–Kier alpha value is 0.430. The number of hydrogen-bond acceptors (Lipinski definition) is 2. The van der Waals surface area contributed by atoms with Gasteiger partial charge in [0.2, 0.25) is 8.27 Å². The highest BCUT2D eigenvalue weighted by molar-refractivity contribution is 9.47. The predicted octanol–water partition coefficient (Wildman–Crippen LogP) is 2.29. The smallest absolute Gasteiger partial charge is 0.214 e. The van der Waals surface area contributed by atoms with Crippen molar-refractivity contribution in [3.63, 3.8) is 0 Å². The van der Waals surface area contributed by atoms with Gasteiger partial charge in [0, 0.05) is 0 Å². The summed E-state index contributed by atoms with van der Waals surface area (Å²) in [5.74, 6) is 0. The first kappa shape index (κ1) is 10.4. The van der Waals surface area contributed by atoms with Crippen LogP contribution >= 0.6 is 14.8 Å². The molecule has 0 spiro atoms. The SMILES string of the molecule is CCCC(C)(C)S(=O)(=O)Br. The van der Waals surface area contributed by atoms with Crippen LogP contribution in [-0.2, 0) is 8.27 Å². The van der Waals surface area contributed by atoms with Crippen LogP contribution in [0.5, 0.6) is 0 Å². The highest BCUT2D eigenvalue weighted by Gasteiger charge is 2.30. The average molecular weight is 229 g/mol. The summed E-state index contributed by atoms with van der Waals surface area (Å²) >= 11 is 2.67. The van der Waals surface area contributed by atoms with E-state index in [4.69, 9.17) is 0 Å². The molecule has 4 heteroatoms. The van der Waals surface area contributed by atoms with Gasteiger partial charge in [-0.1, -0.05) is 13.3 Å². The van der Waals surface area contributed by atoms with Gasteiger partial charge in [-0.3, -0.25) is 0 Å². The summed E-state index contributed by atoms with van der Waals surface area (Å²) in [6.07, 6.45) is 1.58. The molecule has 0 aliphatic heterocycles. The van der Waals surface area contributed by atoms with E-state index in [2.05, 4.69) is 14.8 Å². The Bertz CT molecular complexity index is 194. The van der Waals surface area contributed by atoms with E-state index in [1.165, 1.54) is 0 Å². The fourth-order valence-corrected chi connectivity index (χ4v) is 1.66. The molecule has 0 unspecified atom stereocenters. The Morgan fingerprint density at radius 3 is 1.90 bits per heavy atom. The van der Waals surface area contributed by atoms with Crippen LogP contribution in [0.2, 0.25) is 0 Å². The molecule has 2 nitrogen and oxygen atoms in total. The van der Waals surface area contributed by atoms with Crippen LogP contribution in [0.4, 0.5) is 0 Å². The lowest BCUT2D eigenvalue weighted by molar-refractivity contribution is 0.538. The van der Waals surface area contributed by atoms with Crippen molar-refractivity contribution < 1.29 is 8.42 Å². The zero-order chi connectivity index (χ0) is 8.41. The lowest BCUT2D eigenvalue weighted by Crippen LogP contribution is -2.26. The van der Waals surface area contributed by atoms with Crippen molar-refractivity contribution in [3.05, 3.63) is 0 Å². The van der Waals surface area contributed by atoms with Crippen molar-refractivity contribution in [2.24, 2.45) is 0 Å². The maximum Gasteiger partial charge on any atom is 0.214 e. The van der Waals surface area contributed by atoms with E-state index in [1.807, 2.05) is 6.92 Å². The maximum absolute atomic E-state index is 11.0. The summed E-state index contributed by atoms with van der Waals surface area (Å²) in [4.78, 5) is 0. The Kier molecular flexibility index (Phi) is 3.36.